The summed E-state index contributed by atoms with van der Waals surface area (Å²) in [5, 5.41) is 3.58. The van der Waals surface area contributed by atoms with Gasteiger partial charge in [-0.2, -0.15) is 0 Å². The molecular weight excluding hydrogens is 336 g/mol. The lowest BCUT2D eigenvalue weighted by Crippen LogP contribution is -2.34. The molecule has 1 N–H and O–H groups in total. The van der Waals surface area contributed by atoms with Gasteiger partial charge in [-0.3, -0.25) is 9.59 Å². The van der Waals surface area contributed by atoms with E-state index in [2.05, 4.69) is 5.32 Å². The first-order chi connectivity index (χ1) is 12.0. The average Bonchev–Trinajstić information content (AvgIpc) is 2.56. The summed E-state index contributed by atoms with van der Waals surface area (Å²) >= 11 is 5.94. The maximum Gasteiger partial charge on any atom is 0.223 e. The predicted molar refractivity (Wildman–Crippen MR) is 102 cm³/mol. The molecule has 2 aromatic rings. The molecule has 0 spiro atoms. The number of carbonyl (C=O) groups excluding carboxylic acids is 2. The molecule has 2 amide bonds. The maximum absolute atomic E-state index is 12.0. The van der Waals surface area contributed by atoms with Gasteiger partial charge in [0.25, 0.3) is 0 Å². The fourth-order valence-corrected chi connectivity index (χ4v) is 2.75. The van der Waals surface area contributed by atoms with Crippen molar-refractivity contribution in [1.82, 2.24) is 5.32 Å². The zero-order valence-corrected chi connectivity index (χ0v) is 15.3. The molecule has 0 bridgehead atoms. The van der Waals surface area contributed by atoms with Gasteiger partial charge in [-0.05, 0) is 43.2 Å². The molecule has 0 saturated heterocycles. The van der Waals surface area contributed by atoms with Gasteiger partial charge in [0.05, 0.1) is 0 Å². The molecule has 0 radical (unpaired) electrons. The van der Waals surface area contributed by atoms with E-state index in [9.17, 15) is 9.59 Å². The second kappa shape index (κ2) is 9.23. The molecule has 25 heavy (non-hydrogen) atoms. The van der Waals surface area contributed by atoms with Crippen LogP contribution in [0.3, 0.4) is 0 Å². The van der Waals surface area contributed by atoms with Crippen LogP contribution in [0.1, 0.15) is 24.5 Å². The predicted octanol–water partition coefficient (Wildman–Crippen LogP) is 3.75. The first-order valence-electron chi connectivity index (χ1n) is 8.31. The van der Waals surface area contributed by atoms with Gasteiger partial charge in [0.2, 0.25) is 11.8 Å². The summed E-state index contributed by atoms with van der Waals surface area (Å²) in [6.45, 7) is 4.41. The first kappa shape index (κ1) is 19.0. The Balaban J connectivity index is 1.80. The minimum absolute atomic E-state index is 0.0691. The molecule has 2 rings (SSSR count). The van der Waals surface area contributed by atoms with Gasteiger partial charge >= 0.3 is 0 Å². The molecule has 0 fully saturated rings. The van der Waals surface area contributed by atoms with Gasteiger partial charge in [0.15, 0.2) is 0 Å². The number of halogens is 1. The number of aryl methyl sites for hydroxylation is 1. The summed E-state index contributed by atoms with van der Waals surface area (Å²) in [6, 6.07) is 15.3. The molecule has 0 atom stereocenters. The molecule has 132 valence electrons. The van der Waals surface area contributed by atoms with Crippen LogP contribution in [0.15, 0.2) is 48.5 Å². The molecule has 5 heteroatoms. The van der Waals surface area contributed by atoms with E-state index in [1.54, 1.807) is 4.90 Å². The highest BCUT2D eigenvalue weighted by molar-refractivity contribution is 6.30. The van der Waals surface area contributed by atoms with E-state index in [0.29, 0.717) is 18.1 Å². The van der Waals surface area contributed by atoms with Crippen molar-refractivity contribution in [2.45, 2.75) is 26.7 Å². The van der Waals surface area contributed by atoms with Crippen LogP contribution < -0.4 is 10.2 Å². The topological polar surface area (TPSA) is 49.4 Å². The molecule has 0 unspecified atom stereocenters. The molecule has 0 saturated carbocycles. The van der Waals surface area contributed by atoms with Crippen molar-refractivity contribution < 1.29 is 9.59 Å². The molecule has 0 aliphatic carbocycles. The number of carbonyl (C=O) groups is 2. The van der Waals surface area contributed by atoms with Gasteiger partial charge in [-0.25, -0.2) is 0 Å². The van der Waals surface area contributed by atoms with E-state index in [1.807, 2.05) is 55.5 Å². The Bertz CT molecular complexity index is 729. The zero-order chi connectivity index (χ0) is 18.2. The summed E-state index contributed by atoms with van der Waals surface area (Å²) in [5.41, 5.74) is 3.02. The minimum atomic E-state index is -0.0735. The van der Waals surface area contributed by atoms with E-state index in [4.69, 9.17) is 11.6 Å². The lowest BCUT2D eigenvalue weighted by atomic mass is 10.1. The Morgan fingerprint density at radius 2 is 1.84 bits per heavy atom. The number of rotatable bonds is 7. The second-order valence-corrected chi connectivity index (χ2v) is 6.42. The van der Waals surface area contributed by atoms with Crippen LogP contribution in [0.2, 0.25) is 5.02 Å². The number of benzene rings is 2. The quantitative estimate of drug-likeness (QED) is 0.819. The maximum atomic E-state index is 12.0. The van der Waals surface area contributed by atoms with E-state index in [1.165, 1.54) is 6.92 Å². The van der Waals surface area contributed by atoms with Crippen LogP contribution in [0.25, 0.3) is 0 Å². The average molecular weight is 359 g/mol. The molecule has 0 aliphatic heterocycles. The van der Waals surface area contributed by atoms with Crippen LogP contribution in [0, 0.1) is 6.92 Å². The molecule has 0 heterocycles. The van der Waals surface area contributed by atoms with Crippen molar-refractivity contribution in [3.8, 4) is 0 Å². The third-order valence-corrected chi connectivity index (χ3v) is 4.15. The monoisotopic (exact) mass is 358 g/mol. The Kier molecular flexibility index (Phi) is 7.02. The van der Waals surface area contributed by atoms with Gasteiger partial charge in [-0.15, -0.1) is 0 Å². The van der Waals surface area contributed by atoms with Crippen molar-refractivity contribution in [2.24, 2.45) is 0 Å². The van der Waals surface area contributed by atoms with E-state index in [-0.39, 0.29) is 18.2 Å². The largest absolute Gasteiger partial charge is 0.356 e. The van der Waals surface area contributed by atoms with E-state index in [0.717, 1.165) is 23.2 Å². The van der Waals surface area contributed by atoms with Crippen molar-refractivity contribution in [1.29, 1.82) is 0 Å². The molecule has 0 aliphatic rings. The highest BCUT2D eigenvalue weighted by Crippen LogP contribution is 2.15. The Hall–Kier alpha value is -2.33. The molecule has 4 nitrogen and oxygen atoms in total. The zero-order valence-electron chi connectivity index (χ0n) is 14.6. The Morgan fingerprint density at radius 3 is 2.48 bits per heavy atom. The summed E-state index contributed by atoms with van der Waals surface area (Å²) in [6.07, 6.45) is 0.990. The third kappa shape index (κ3) is 6.24. The summed E-state index contributed by atoms with van der Waals surface area (Å²) in [7, 11) is 0. The Morgan fingerprint density at radius 1 is 1.12 bits per heavy atom. The third-order valence-electron chi connectivity index (χ3n) is 3.91. The molecular formula is C20H23ClN2O2. The summed E-state index contributed by atoms with van der Waals surface area (Å²) < 4.78 is 0. The SMILES string of the molecule is CC(=O)N(CCC(=O)NCCc1cccc(Cl)c1)c1ccc(C)cc1. The molecule has 2 aromatic carbocycles. The van der Waals surface area contributed by atoms with Crippen molar-refractivity contribution >= 4 is 29.1 Å². The smallest absolute Gasteiger partial charge is 0.223 e. The summed E-state index contributed by atoms with van der Waals surface area (Å²) in [4.78, 5) is 25.5. The van der Waals surface area contributed by atoms with Crippen LogP contribution in [0.4, 0.5) is 5.69 Å². The van der Waals surface area contributed by atoms with Gasteiger partial charge < -0.3 is 10.2 Å². The number of hydrogen-bond donors (Lipinski definition) is 1. The van der Waals surface area contributed by atoms with E-state index < -0.39 is 0 Å². The van der Waals surface area contributed by atoms with Crippen molar-refractivity contribution in [2.75, 3.05) is 18.0 Å². The minimum Gasteiger partial charge on any atom is -0.356 e. The van der Waals surface area contributed by atoms with Crippen LogP contribution in [-0.2, 0) is 16.0 Å². The van der Waals surface area contributed by atoms with Gasteiger partial charge in [-0.1, -0.05) is 41.4 Å². The lowest BCUT2D eigenvalue weighted by molar-refractivity contribution is -0.121. The van der Waals surface area contributed by atoms with Gasteiger partial charge in [0, 0.05) is 37.1 Å². The molecule has 0 aromatic heterocycles. The Labute approximate surface area is 153 Å². The van der Waals surface area contributed by atoms with Crippen molar-refractivity contribution in [3.05, 3.63) is 64.7 Å². The standard InChI is InChI=1S/C20H23ClN2O2/c1-15-6-8-19(9-7-15)23(16(2)24)13-11-20(25)22-12-10-17-4-3-5-18(21)14-17/h3-9,14H,10-13H2,1-2H3,(H,22,25). The van der Waals surface area contributed by atoms with Crippen LogP contribution in [-0.4, -0.2) is 24.9 Å². The second-order valence-electron chi connectivity index (χ2n) is 5.99. The van der Waals surface area contributed by atoms with Gasteiger partial charge in [0.1, 0.15) is 0 Å². The highest BCUT2D eigenvalue weighted by atomic mass is 35.5. The fraction of sp³-hybridized carbons (Fsp3) is 0.300. The van der Waals surface area contributed by atoms with E-state index >= 15 is 0 Å². The number of hydrogen-bond acceptors (Lipinski definition) is 2. The number of nitrogens with zero attached hydrogens (tertiary/aromatic N) is 1. The number of amides is 2. The lowest BCUT2D eigenvalue weighted by Gasteiger charge is -2.21. The number of anilines is 1. The normalized spacial score (nSPS) is 10.4. The highest BCUT2D eigenvalue weighted by Gasteiger charge is 2.13. The van der Waals surface area contributed by atoms with Crippen molar-refractivity contribution in [3.63, 3.8) is 0 Å². The summed E-state index contributed by atoms with van der Waals surface area (Å²) in [5.74, 6) is -0.143. The first-order valence-corrected chi connectivity index (χ1v) is 8.69. The number of nitrogens with one attached hydrogen (secondary N) is 1. The fourth-order valence-electron chi connectivity index (χ4n) is 2.53. The van der Waals surface area contributed by atoms with Crippen LogP contribution in [0.5, 0.6) is 0 Å². The van der Waals surface area contributed by atoms with Crippen LogP contribution >= 0.6 is 11.6 Å².